The second-order valence-electron chi connectivity index (χ2n) is 28.4. The maximum Gasteiger partial charge on any atom is 0.333 e. The minimum atomic E-state index is -0.236. The Bertz CT molecular complexity index is 2370. The molecule has 0 radical (unpaired) electrons. The van der Waals surface area contributed by atoms with E-state index in [0.717, 1.165) is 66.1 Å². The van der Waals surface area contributed by atoms with E-state index in [9.17, 15) is 19.2 Å². The number of benzene rings is 1. The molecule has 0 spiro atoms. The molecule has 14 rings (SSSR count). The minimum absolute atomic E-state index is 0.163. The summed E-state index contributed by atoms with van der Waals surface area (Å²) < 4.78 is 34.3. The minimum Gasteiger partial charge on any atom is -0.465 e. The van der Waals surface area contributed by atoms with Crippen LogP contribution in [0.4, 0.5) is 0 Å². The van der Waals surface area contributed by atoms with Gasteiger partial charge in [0.05, 0.1) is 0 Å². The Labute approximate surface area is 495 Å². The quantitative estimate of drug-likeness (QED) is 0.0684. The highest BCUT2D eigenvalue weighted by atomic mass is 16.7. The normalized spacial score (nSPS) is 35.1. The molecule has 10 heteroatoms. The maximum absolute atomic E-state index is 12.1. The van der Waals surface area contributed by atoms with Crippen molar-refractivity contribution in [2.24, 2.45) is 82.9 Å². The molecule has 13 fully saturated rings. The van der Waals surface area contributed by atoms with Crippen LogP contribution in [0.25, 0.3) is 6.08 Å². The van der Waals surface area contributed by atoms with Crippen molar-refractivity contribution in [2.45, 2.75) is 240 Å². The molecular weight excluding hydrogens is 1020 g/mol. The van der Waals surface area contributed by atoms with Gasteiger partial charge in [-0.15, -0.1) is 0 Å². The Balaban J connectivity index is 0.000000148. The predicted molar refractivity (Wildman–Crippen MR) is 328 cm³/mol. The van der Waals surface area contributed by atoms with E-state index in [-0.39, 0.29) is 52.6 Å². The van der Waals surface area contributed by atoms with Gasteiger partial charge in [0.15, 0.2) is 6.29 Å². The summed E-state index contributed by atoms with van der Waals surface area (Å²) in [5.74, 6) is 9.89. The van der Waals surface area contributed by atoms with E-state index in [2.05, 4.69) is 74.4 Å². The van der Waals surface area contributed by atoms with E-state index in [1.807, 2.05) is 38.1 Å². The molecule has 1 aromatic rings. The molecule has 13 saturated carbocycles. The first-order chi connectivity index (χ1) is 38.7. The van der Waals surface area contributed by atoms with Crippen LogP contribution in [0.5, 0.6) is 5.75 Å². The third-order valence-electron chi connectivity index (χ3n) is 22.0. The highest BCUT2D eigenvalue weighted by Crippen LogP contribution is 2.63. The van der Waals surface area contributed by atoms with Gasteiger partial charge in [-0.3, -0.25) is 0 Å². The second kappa shape index (κ2) is 27.3. The van der Waals surface area contributed by atoms with Crippen molar-refractivity contribution < 1.29 is 47.6 Å². The smallest absolute Gasteiger partial charge is 0.333 e. The Kier molecular flexibility index (Phi) is 21.7. The topological polar surface area (TPSA) is 124 Å². The van der Waals surface area contributed by atoms with Crippen LogP contribution in [0.15, 0.2) is 79.5 Å². The van der Waals surface area contributed by atoms with Crippen molar-refractivity contribution in [3.05, 3.63) is 85.0 Å². The zero-order valence-electron chi connectivity index (χ0n) is 53.0. The average molecular weight is 1130 g/mol. The lowest BCUT2D eigenvalue weighted by molar-refractivity contribution is -0.221. The van der Waals surface area contributed by atoms with Crippen molar-refractivity contribution in [2.75, 3.05) is 6.61 Å². The third-order valence-corrected chi connectivity index (χ3v) is 22.0. The van der Waals surface area contributed by atoms with Crippen LogP contribution < -0.4 is 4.74 Å². The van der Waals surface area contributed by atoms with Gasteiger partial charge in [-0.25, -0.2) is 19.2 Å². The second-order valence-corrected chi connectivity index (χ2v) is 28.4. The summed E-state index contributed by atoms with van der Waals surface area (Å²) in [5, 5.41) is 0. The van der Waals surface area contributed by atoms with E-state index < -0.39 is 0 Å². The SMILES string of the molecule is C=C(C)C(=O)OC1(C(C)C)C2CC3CC(C2)CC1C3.C=C(C)C(=O)OC1(C(C)C)CCCC1.C=C(C)C(=O)OC1(C)C2CC3CC(C2)CC1C3.C=C(C)C(=O)OC1(CC)C2CC3CC(C2)CC1C3.C=Cc1ccc(OC(C)OCC)cc1. The lowest BCUT2D eigenvalue weighted by Gasteiger charge is -2.61. The van der Waals surface area contributed by atoms with E-state index in [0.29, 0.717) is 76.2 Å². The molecule has 1 atom stereocenters. The number of rotatable bonds is 16. The summed E-state index contributed by atoms with van der Waals surface area (Å²) in [7, 11) is 0. The zero-order chi connectivity index (χ0) is 60.1. The van der Waals surface area contributed by atoms with E-state index in [1.54, 1.807) is 33.8 Å². The van der Waals surface area contributed by atoms with Gasteiger partial charge in [0.1, 0.15) is 28.2 Å². The highest BCUT2D eigenvalue weighted by Gasteiger charge is 2.62. The number of ether oxygens (including phenoxy) is 6. The fourth-order valence-electron chi connectivity index (χ4n) is 18.2. The number of hydrogen-bond donors (Lipinski definition) is 0. The fraction of sp³-hybridized carbons (Fsp3) is 0.722. The first kappa shape index (κ1) is 65.1. The van der Waals surface area contributed by atoms with E-state index in [4.69, 9.17) is 28.4 Å². The van der Waals surface area contributed by atoms with Gasteiger partial charge in [0.2, 0.25) is 0 Å². The largest absolute Gasteiger partial charge is 0.465 e. The van der Waals surface area contributed by atoms with Crippen LogP contribution in [0.1, 0.15) is 217 Å². The molecule has 13 aliphatic carbocycles. The van der Waals surface area contributed by atoms with Gasteiger partial charge in [-0.1, -0.05) is 85.7 Å². The number of carbonyl (C=O) groups excluding carboxylic acids is 4. The molecule has 0 N–H and O–H groups in total. The van der Waals surface area contributed by atoms with Crippen LogP contribution in [-0.4, -0.2) is 59.2 Å². The molecule has 10 nitrogen and oxygen atoms in total. The van der Waals surface area contributed by atoms with E-state index in [1.165, 1.54) is 109 Å². The van der Waals surface area contributed by atoms with Crippen LogP contribution in [-0.2, 0) is 42.9 Å². The summed E-state index contributed by atoms with van der Waals surface area (Å²) in [6, 6.07) is 7.74. The molecule has 0 aliphatic heterocycles. The number of carbonyl (C=O) groups is 4. The third kappa shape index (κ3) is 14.4. The first-order valence-electron chi connectivity index (χ1n) is 32.3. The Morgan fingerprint density at radius 1 is 0.512 bits per heavy atom. The standard InChI is InChI=1S/C17H26O2.C16H24O2.C15H22O2.C12H20O2.C12H16O2/c1-10(2)16(18)19-17(11(3)4)14-6-12-5-13(8-14)9-15(17)7-12;1-4-16(18-15(17)10(2)3)13-6-11-5-12(8-13)9-14(16)7-11;1-9(2)14(16)17-15(3)12-5-10-4-11(7-12)8-13(15)6-10;1-9(2)11(13)14-12(10(3)4)7-5-6-8-12;1-4-11-6-8-12(9-7-11)14-10(3)13-5-2/h11-15H,1,5-9H2,2-4H3;11-14H,2,4-9H2,1,3H3;10-13H,1,4-8H2,2-3H3;10H,1,5-8H2,2-4H3;4,6-10H,1,5H2,2-3H3. The number of esters is 4. The van der Waals surface area contributed by atoms with Crippen LogP contribution in [0.2, 0.25) is 0 Å². The molecule has 456 valence electrons. The van der Waals surface area contributed by atoms with Crippen molar-refractivity contribution in [3.8, 4) is 5.75 Å². The van der Waals surface area contributed by atoms with Crippen molar-refractivity contribution in [3.63, 3.8) is 0 Å². The molecule has 0 amide bonds. The van der Waals surface area contributed by atoms with Crippen molar-refractivity contribution >= 4 is 30.0 Å². The van der Waals surface area contributed by atoms with Crippen LogP contribution >= 0.6 is 0 Å². The molecule has 82 heavy (non-hydrogen) atoms. The monoisotopic (exact) mass is 1130 g/mol. The molecule has 1 aromatic carbocycles. The Morgan fingerprint density at radius 3 is 1.23 bits per heavy atom. The number of hydrogen-bond acceptors (Lipinski definition) is 10. The van der Waals surface area contributed by atoms with Gasteiger partial charge in [0.25, 0.3) is 0 Å². The summed E-state index contributed by atoms with van der Waals surface area (Å²) in [6.07, 6.45) is 26.5. The molecule has 0 saturated heterocycles. The highest BCUT2D eigenvalue weighted by molar-refractivity contribution is 5.88. The van der Waals surface area contributed by atoms with E-state index >= 15 is 0 Å². The first-order valence-corrected chi connectivity index (χ1v) is 32.3. The average Bonchev–Trinajstić information content (AvgIpc) is 1.63. The van der Waals surface area contributed by atoms with Gasteiger partial charge >= 0.3 is 23.9 Å². The molecule has 1 unspecified atom stereocenters. The molecular formula is C72H108O10. The van der Waals surface area contributed by atoms with Crippen molar-refractivity contribution in [1.29, 1.82) is 0 Å². The van der Waals surface area contributed by atoms with Gasteiger partial charge in [0, 0.05) is 28.9 Å². The molecule has 13 aliphatic rings. The van der Waals surface area contributed by atoms with Gasteiger partial charge in [-0.2, -0.15) is 0 Å². The summed E-state index contributed by atoms with van der Waals surface area (Å²) in [5.41, 5.74) is 2.40. The lowest BCUT2D eigenvalue weighted by atomic mass is 9.47. The summed E-state index contributed by atoms with van der Waals surface area (Å²) in [4.78, 5) is 47.4. The van der Waals surface area contributed by atoms with Gasteiger partial charge in [-0.05, 0) is 277 Å². The summed E-state index contributed by atoms with van der Waals surface area (Å²) >= 11 is 0. The lowest BCUT2D eigenvalue weighted by Crippen LogP contribution is -2.62. The molecule has 0 heterocycles. The zero-order valence-corrected chi connectivity index (χ0v) is 53.0. The molecule has 0 aromatic heterocycles. The van der Waals surface area contributed by atoms with Gasteiger partial charge < -0.3 is 28.4 Å². The summed E-state index contributed by atoms with van der Waals surface area (Å²) in [6.45, 7) is 43.0. The predicted octanol–water partition coefficient (Wildman–Crippen LogP) is 17.2. The van der Waals surface area contributed by atoms with Crippen LogP contribution in [0, 0.1) is 82.9 Å². The fourth-order valence-corrected chi connectivity index (χ4v) is 18.2. The maximum atomic E-state index is 12.1. The van der Waals surface area contributed by atoms with Crippen molar-refractivity contribution in [1.82, 2.24) is 0 Å². The molecule has 12 bridgehead atoms. The Morgan fingerprint density at radius 2 is 0.878 bits per heavy atom. The Hall–Kier alpha value is -4.44. The van der Waals surface area contributed by atoms with Crippen LogP contribution in [0.3, 0.4) is 0 Å².